The van der Waals surface area contributed by atoms with Crippen molar-refractivity contribution >= 4 is 17.9 Å². The van der Waals surface area contributed by atoms with Crippen molar-refractivity contribution in [3.63, 3.8) is 0 Å². The molecule has 0 aromatic heterocycles. The lowest BCUT2D eigenvalue weighted by Crippen LogP contribution is -2.51. The summed E-state index contributed by atoms with van der Waals surface area (Å²) in [6, 6.07) is 0. The van der Waals surface area contributed by atoms with E-state index < -0.39 is 17.9 Å². The molecule has 0 aromatic carbocycles. The highest BCUT2D eigenvalue weighted by molar-refractivity contribution is 5.67. The number of unbranched alkanes of at least 4 members (excludes halogenated alkanes) is 15. The van der Waals surface area contributed by atoms with E-state index >= 15 is 0 Å². The van der Waals surface area contributed by atoms with Crippen LogP contribution in [0.25, 0.3) is 0 Å². The highest BCUT2D eigenvalue weighted by atomic mass is 16.4. The normalized spacial score (nSPS) is 11.5. The van der Waals surface area contributed by atoms with E-state index in [1.165, 1.54) is 70.6 Å². The van der Waals surface area contributed by atoms with Crippen molar-refractivity contribution in [2.75, 3.05) is 26.2 Å². The number of carboxylic acids is 3. The molecular formula is C31H58NO6+. The molecule has 0 aliphatic carbocycles. The molecule has 0 fully saturated rings. The number of hydrogen-bond acceptors (Lipinski definition) is 3. The van der Waals surface area contributed by atoms with E-state index in [9.17, 15) is 14.4 Å². The fourth-order valence-corrected chi connectivity index (χ4v) is 5.34. The molecule has 38 heavy (non-hydrogen) atoms. The van der Waals surface area contributed by atoms with Crippen LogP contribution in [0.15, 0.2) is 12.7 Å². The lowest BCUT2D eigenvalue weighted by atomic mass is 10.0. The van der Waals surface area contributed by atoms with E-state index in [0.29, 0.717) is 19.3 Å². The lowest BCUT2D eigenvalue weighted by Gasteiger charge is -2.39. The Labute approximate surface area is 232 Å². The average Bonchev–Trinajstić information content (AvgIpc) is 2.87. The minimum Gasteiger partial charge on any atom is -0.481 e. The van der Waals surface area contributed by atoms with Crippen LogP contribution in [0.3, 0.4) is 0 Å². The fourth-order valence-electron chi connectivity index (χ4n) is 5.34. The summed E-state index contributed by atoms with van der Waals surface area (Å²) < 4.78 is 0.867. The fraction of sp³-hybridized carbons (Fsp3) is 0.839. The van der Waals surface area contributed by atoms with Gasteiger partial charge in [0.15, 0.2) is 0 Å². The Bertz CT molecular complexity index is 566. The molecule has 0 rings (SSSR count). The summed E-state index contributed by atoms with van der Waals surface area (Å²) in [7, 11) is 0. The van der Waals surface area contributed by atoms with Crippen molar-refractivity contribution in [3.8, 4) is 0 Å². The van der Waals surface area contributed by atoms with Crippen LogP contribution in [0.5, 0.6) is 0 Å². The summed E-state index contributed by atoms with van der Waals surface area (Å²) in [4.78, 5) is 32.9. The van der Waals surface area contributed by atoms with Gasteiger partial charge < -0.3 is 19.8 Å². The molecule has 0 radical (unpaired) electrons. The first-order valence-corrected chi connectivity index (χ1v) is 15.4. The van der Waals surface area contributed by atoms with Gasteiger partial charge >= 0.3 is 17.9 Å². The Morgan fingerprint density at radius 3 is 1.00 bits per heavy atom. The second-order valence-electron chi connectivity index (χ2n) is 11.1. The minimum absolute atomic E-state index is 0.174. The van der Waals surface area contributed by atoms with Gasteiger partial charge in [0.25, 0.3) is 0 Å². The number of rotatable bonds is 30. The van der Waals surface area contributed by atoms with Crippen molar-refractivity contribution in [3.05, 3.63) is 12.7 Å². The van der Waals surface area contributed by atoms with Crippen LogP contribution < -0.4 is 0 Å². The molecule has 0 saturated carbocycles. The molecule has 3 N–H and O–H groups in total. The molecule has 7 heteroatoms. The lowest BCUT2D eigenvalue weighted by molar-refractivity contribution is -0.929. The quantitative estimate of drug-likeness (QED) is 0.0486. The molecule has 0 bridgehead atoms. The number of allylic oxidation sites excluding steroid dienone is 1. The third kappa shape index (κ3) is 24.4. The van der Waals surface area contributed by atoms with E-state index in [0.717, 1.165) is 62.8 Å². The Morgan fingerprint density at radius 1 is 0.447 bits per heavy atom. The summed E-state index contributed by atoms with van der Waals surface area (Å²) in [6.07, 6.45) is 23.5. The second-order valence-corrected chi connectivity index (χ2v) is 11.1. The molecule has 0 aliphatic rings. The van der Waals surface area contributed by atoms with Crippen LogP contribution in [0.2, 0.25) is 0 Å². The minimum atomic E-state index is -0.769. The summed E-state index contributed by atoms with van der Waals surface area (Å²) in [5.41, 5.74) is 0. The summed E-state index contributed by atoms with van der Waals surface area (Å²) in [5.74, 6) is -2.31. The summed E-state index contributed by atoms with van der Waals surface area (Å²) in [5, 5.41) is 27.1. The smallest absolute Gasteiger partial charge is 0.303 e. The molecule has 222 valence electrons. The van der Waals surface area contributed by atoms with E-state index in [1.807, 2.05) is 6.08 Å². The number of aliphatic carboxylic acids is 3. The van der Waals surface area contributed by atoms with Gasteiger partial charge in [-0.25, -0.2) is 0 Å². The zero-order valence-corrected chi connectivity index (χ0v) is 24.2. The van der Waals surface area contributed by atoms with Crippen LogP contribution >= 0.6 is 0 Å². The van der Waals surface area contributed by atoms with Crippen LogP contribution in [-0.4, -0.2) is 63.9 Å². The first-order chi connectivity index (χ1) is 18.3. The number of quaternary nitrogens is 1. The maximum absolute atomic E-state index is 11.0. The van der Waals surface area contributed by atoms with Gasteiger partial charge in [0.2, 0.25) is 0 Å². The molecule has 0 amide bonds. The van der Waals surface area contributed by atoms with Gasteiger partial charge in [-0.15, -0.1) is 6.58 Å². The van der Waals surface area contributed by atoms with Crippen LogP contribution in [0, 0.1) is 0 Å². The zero-order chi connectivity index (χ0) is 28.3. The van der Waals surface area contributed by atoms with Gasteiger partial charge in [-0.1, -0.05) is 63.9 Å². The SMILES string of the molecule is C=CCCCCCCCCCCCCCC[N+](CCCCC(=O)O)(CCCCC(=O)O)CCCCC(=O)O. The van der Waals surface area contributed by atoms with Crippen molar-refractivity contribution in [2.45, 2.75) is 141 Å². The van der Waals surface area contributed by atoms with Gasteiger partial charge in [0.05, 0.1) is 26.2 Å². The third-order valence-electron chi connectivity index (χ3n) is 7.61. The first kappa shape index (κ1) is 36.1. The van der Waals surface area contributed by atoms with Crippen LogP contribution in [0.1, 0.15) is 141 Å². The Morgan fingerprint density at radius 2 is 0.711 bits per heavy atom. The highest BCUT2D eigenvalue weighted by Gasteiger charge is 2.26. The largest absolute Gasteiger partial charge is 0.481 e. The number of carboxylic acid groups (broad SMARTS) is 3. The highest BCUT2D eigenvalue weighted by Crippen LogP contribution is 2.20. The van der Waals surface area contributed by atoms with Crippen LogP contribution in [0.4, 0.5) is 0 Å². The van der Waals surface area contributed by atoms with Crippen molar-refractivity contribution in [1.82, 2.24) is 0 Å². The Hall–Kier alpha value is -1.89. The molecule has 0 aromatic rings. The molecule has 0 heterocycles. The number of hydrogen-bond donors (Lipinski definition) is 3. The number of nitrogens with zero attached hydrogens (tertiary/aromatic N) is 1. The molecule has 0 atom stereocenters. The van der Waals surface area contributed by atoms with Crippen molar-refractivity contribution in [1.29, 1.82) is 0 Å². The molecule has 0 aliphatic heterocycles. The van der Waals surface area contributed by atoms with Gasteiger partial charge in [0.1, 0.15) is 0 Å². The molecule has 0 unspecified atom stereocenters. The van der Waals surface area contributed by atoms with E-state index in [2.05, 4.69) is 6.58 Å². The van der Waals surface area contributed by atoms with Crippen LogP contribution in [-0.2, 0) is 14.4 Å². The average molecular weight is 541 g/mol. The Balaban J connectivity index is 4.51. The van der Waals surface area contributed by atoms with Gasteiger partial charge in [-0.2, -0.15) is 0 Å². The van der Waals surface area contributed by atoms with Crippen molar-refractivity contribution in [2.24, 2.45) is 0 Å². The summed E-state index contributed by atoms with van der Waals surface area (Å²) >= 11 is 0. The predicted octanol–water partition coefficient (Wildman–Crippen LogP) is 7.83. The molecule has 0 saturated heterocycles. The monoisotopic (exact) mass is 540 g/mol. The predicted molar refractivity (Wildman–Crippen MR) is 154 cm³/mol. The number of carbonyl (C=O) groups is 3. The van der Waals surface area contributed by atoms with Gasteiger partial charge in [0, 0.05) is 19.3 Å². The molecule has 0 spiro atoms. The molecule has 7 nitrogen and oxygen atoms in total. The Kier molecular flexibility index (Phi) is 24.1. The zero-order valence-electron chi connectivity index (χ0n) is 24.2. The second kappa shape index (κ2) is 25.4. The topological polar surface area (TPSA) is 112 Å². The maximum atomic E-state index is 11.0. The first-order valence-electron chi connectivity index (χ1n) is 15.4. The molecular weight excluding hydrogens is 482 g/mol. The summed E-state index contributed by atoms with van der Waals surface area (Å²) in [6.45, 7) is 7.46. The third-order valence-corrected chi connectivity index (χ3v) is 7.61. The maximum Gasteiger partial charge on any atom is 0.303 e. The van der Waals surface area contributed by atoms with E-state index in [4.69, 9.17) is 15.3 Å². The van der Waals surface area contributed by atoms with E-state index in [1.54, 1.807) is 0 Å². The van der Waals surface area contributed by atoms with Gasteiger partial charge in [-0.05, 0) is 64.2 Å². The van der Waals surface area contributed by atoms with Crippen molar-refractivity contribution < 1.29 is 34.2 Å². The van der Waals surface area contributed by atoms with E-state index in [-0.39, 0.29) is 19.3 Å². The standard InChI is InChI=1S/C31H57NO6/c1-2-3-4-5-6-7-8-9-10-11-12-13-14-18-25-32(26-19-15-22-29(33)34,27-20-16-23-30(35)36)28-21-17-24-31(37)38/h2H,1,3-28H2,(H2-,33,34,35,36,37,38)/p+1. The van der Waals surface area contributed by atoms with Gasteiger partial charge in [-0.3, -0.25) is 14.4 Å².